The van der Waals surface area contributed by atoms with Gasteiger partial charge in [-0.3, -0.25) is 14.9 Å². The topological polar surface area (TPSA) is 104 Å². The molecule has 0 aliphatic heterocycles. The van der Waals surface area contributed by atoms with E-state index in [1.54, 1.807) is 37.4 Å². The highest BCUT2D eigenvalue weighted by molar-refractivity contribution is 6.02. The zero-order chi connectivity index (χ0) is 17.3. The lowest BCUT2D eigenvalue weighted by atomic mass is 10.2. The third-order valence-corrected chi connectivity index (χ3v) is 3.45. The van der Waals surface area contributed by atoms with Crippen LogP contribution >= 0.6 is 0 Å². The first-order chi connectivity index (χ1) is 11.5. The van der Waals surface area contributed by atoms with Crippen molar-refractivity contribution in [1.82, 2.24) is 23.9 Å². The number of aromatic nitrogens is 5. The van der Waals surface area contributed by atoms with Crippen molar-refractivity contribution in [3.8, 4) is 5.69 Å². The summed E-state index contributed by atoms with van der Waals surface area (Å²) in [5, 5.41) is 9.88. The van der Waals surface area contributed by atoms with Gasteiger partial charge in [0.05, 0.1) is 5.69 Å². The number of para-hydroxylation sites is 1. The molecule has 0 atom stereocenters. The molecule has 1 N–H and O–H groups in total. The number of rotatable bonds is 3. The summed E-state index contributed by atoms with van der Waals surface area (Å²) >= 11 is 0. The Hall–Kier alpha value is -3.49. The van der Waals surface area contributed by atoms with Gasteiger partial charge in [-0.1, -0.05) is 18.2 Å². The van der Waals surface area contributed by atoms with E-state index in [0.29, 0.717) is 5.69 Å². The predicted octanol–water partition coefficient (Wildman–Crippen LogP) is -0.0830. The van der Waals surface area contributed by atoms with Crippen molar-refractivity contribution in [3.05, 3.63) is 69.3 Å². The van der Waals surface area contributed by atoms with Gasteiger partial charge in [0.15, 0.2) is 0 Å². The number of nitrogens with zero attached hydrogens (tertiary/aromatic N) is 5. The number of anilines is 1. The Morgan fingerprint density at radius 2 is 1.79 bits per heavy atom. The van der Waals surface area contributed by atoms with Crippen LogP contribution in [0, 0.1) is 0 Å². The molecule has 0 saturated carbocycles. The van der Waals surface area contributed by atoms with Crippen LogP contribution in [0.15, 0.2) is 52.4 Å². The summed E-state index contributed by atoms with van der Waals surface area (Å²) in [6, 6.07) is 8.41. The summed E-state index contributed by atoms with van der Waals surface area (Å²) in [7, 11) is 3.12. The molecule has 0 radical (unpaired) electrons. The quantitative estimate of drug-likeness (QED) is 0.725. The van der Waals surface area contributed by atoms with Crippen LogP contribution in [0.1, 0.15) is 10.4 Å². The minimum atomic E-state index is -0.705. The number of amides is 1. The van der Waals surface area contributed by atoms with Gasteiger partial charge < -0.3 is 9.13 Å². The molecule has 0 spiro atoms. The average Bonchev–Trinajstić information content (AvgIpc) is 2.97. The summed E-state index contributed by atoms with van der Waals surface area (Å²) in [6.45, 7) is 0. The summed E-state index contributed by atoms with van der Waals surface area (Å²) < 4.78 is 3.63. The van der Waals surface area contributed by atoms with E-state index in [4.69, 9.17) is 0 Å². The van der Waals surface area contributed by atoms with E-state index in [-0.39, 0.29) is 11.5 Å². The van der Waals surface area contributed by atoms with Crippen LogP contribution in [0.3, 0.4) is 0 Å². The third kappa shape index (κ3) is 2.62. The molecule has 1 amide bonds. The number of nitrogens with one attached hydrogen (secondary N) is 1. The van der Waals surface area contributed by atoms with Crippen molar-refractivity contribution in [2.24, 2.45) is 14.1 Å². The van der Waals surface area contributed by atoms with Crippen LogP contribution in [0.5, 0.6) is 0 Å². The summed E-state index contributed by atoms with van der Waals surface area (Å²) in [5.74, 6) is -0.476. The predicted molar refractivity (Wildman–Crippen MR) is 86.2 cm³/mol. The fourth-order valence-electron chi connectivity index (χ4n) is 2.19. The van der Waals surface area contributed by atoms with Gasteiger partial charge in [0.25, 0.3) is 11.5 Å². The van der Waals surface area contributed by atoms with Crippen molar-refractivity contribution < 1.29 is 4.79 Å². The number of hydrogen-bond acceptors (Lipinski definition) is 5. The molecular weight excluding hydrogens is 312 g/mol. The Balaban J connectivity index is 2.12. The standard InChI is InChI=1S/C15H14N6O3/c1-19-8-11(12(22)17-14-18-16-9-20(14)2)13(23)21(15(19)24)10-6-4-3-5-7-10/h3-9H,1-2H3,(H,17,18,22). The zero-order valence-corrected chi connectivity index (χ0v) is 13.0. The Labute approximate surface area is 135 Å². The molecular formula is C15H14N6O3. The molecule has 1 aromatic carbocycles. The zero-order valence-electron chi connectivity index (χ0n) is 13.0. The largest absolute Gasteiger partial charge is 0.335 e. The highest BCUT2D eigenvalue weighted by Gasteiger charge is 2.18. The van der Waals surface area contributed by atoms with Gasteiger partial charge in [0.1, 0.15) is 11.9 Å². The maximum atomic E-state index is 12.6. The Kier molecular flexibility index (Phi) is 3.82. The second-order valence-corrected chi connectivity index (χ2v) is 5.13. The third-order valence-electron chi connectivity index (χ3n) is 3.45. The first-order valence-corrected chi connectivity index (χ1v) is 7.02. The highest BCUT2D eigenvalue weighted by atomic mass is 16.2. The molecule has 0 unspecified atom stereocenters. The number of carbonyl (C=O) groups excluding carboxylic acids is 1. The van der Waals surface area contributed by atoms with Gasteiger partial charge in [-0.25, -0.2) is 9.36 Å². The molecule has 0 saturated heterocycles. The van der Waals surface area contributed by atoms with Crippen molar-refractivity contribution in [3.63, 3.8) is 0 Å². The Morgan fingerprint density at radius 1 is 1.08 bits per heavy atom. The van der Waals surface area contributed by atoms with Crippen LogP contribution in [0.25, 0.3) is 5.69 Å². The van der Waals surface area contributed by atoms with E-state index < -0.39 is 17.2 Å². The molecule has 9 heteroatoms. The SMILES string of the molecule is Cn1cnnc1NC(=O)c1cn(C)c(=O)n(-c2ccccc2)c1=O. The summed E-state index contributed by atoms with van der Waals surface area (Å²) in [4.78, 5) is 37.4. The fourth-order valence-corrected chi connectivity index (χ4v) is 2.19. The molecule has 3 aromatic rings. The summed E-state index contributed by atoms with van der Waals surface area (Å²) in [6.07, 6.45) is 2.62. The fraction of sp³-hybridized carbons (Fsp3) is 0.133. The molecule has 2 heterocycles. The second-order valence-electron chi connectivity index (χ2n) is 5.13. The molecule has 0 fully saturated rings. The molecule has 9 nitrogen and oxygen atoms in total. The van der Waals surface area contributed by atoms with E-state index in [9.17, 15) is 14.4 Å². The molecule has 122 valence electrons. The second kappa shape index (κ2) is 5.95. The highest BCUT2D eigenvalue weighted by Crippen LogP contribution is 2.04. The summed E-state index contributed by atoms with van der Waals surface area (Å²) in [5.41, 5.74) is -1.04. The minimum Gasteiger partial charge on any atom is -0.303 e. The first-order valence-electron chi connectivity index (χ1n) is 7.02. The monoisotopic (exact) mass is 326 g/mol. The van der Waals surface area contributed by atoms with Gasteiger partial charge >= 0.3 is 5.69 Å². The average molecular weight is 326 g/mol. The van der Waals surface area contributed by atoms with Gasteiger partial charge in [-0.05, 0) is 12.1 Å². The molecule has 0 bridgehead atoms. The normalized spacial score (nSPS) is 10.6. The molecule has 3 rings (SSSR count). The van der Waals surface area contributed by atoms with Crippen LogP contribution in [-0.2, 0) is 14.1 Å². The molecule has 0 aliphatic rings. The minimum absolute atomic E-state index is 0.177. The van der Waals surface area contributed by atoms with E-state index in [0.717, 1.165) is 4.57 Å². The van der Waals surface area contributed by atoms with Crippen molar-refractivity contribution >= 4 is 11.9 Å². The number of hydrogen-bond donors (Lipinski definition) is 1. The van der Waals surface area contributed by atoms with Gasteiger partial charge in [0.2, 0.25) is 5.95 Å². The first kappa shape index (κ1) is 15.4. The van der Waals surface area contributed by atoms with Crippen LogP contribution < -0.4 is 16.6 Å². The molecule has 24 heavy (non-hydrogen) atoms. The van der Waals surface area contributed by atoms with E-state index >= 15 is 0 Å². The van der Waals surface area contributed by atoms with Crippen molar-refractivity contribution in [2.45, 2.75) is 0 Å². The maximum Gasteiger partial charge on any atom is 0.335 e. The lowest BCUT2D eigenvalue weighted by Crippen LogP contribution is -2.41. The lowest BCUT2D eigenvalue weighted by molar-refractivity contribution is 0.102. The van der Waals surface area contributed by atoms with Crippen LogP contribution in [-0.4, -0.2) is 29.8 Å². The van der Waals surface area contributed by atoms with Gasteiger partial charge in [0, 0.05) is 20.3 Å². The van der Waals surface area contributed by atoms with Crippen molar-refractivity contribution in [2.75, 3.05) is 5.32 Å². The Morgan fingerprint density at radius 3 is 2.42 bits per heavy atom. The van der Waals surface area contributed by atoms with Gasteiger partial charge in [-0.2, -0.15) is 0 Å². The number of benzene rings is 1. The molecule has 2 aromatic heterocycles. The van der Waals surface area contributed by atoms with E-state index in [1.807, 2.05) is 0 Å². The smallest absolute Gasteiger partial charge is 0.303 e. The van der Waals surface area contributed by atoms with Gasteiger partial charge in [-0.15, -0.1) is 10.2 Å². The molecule has 0 aliphatic carbocycles. The number of carbonyl (C=O) groups is 1. The van der Waals surface area contributed by atoms with E-state index in [1.165, 1.54) is 28.7 Å². The van der Waals surface area contributed by atoms with Crippen molar-refractivity contribution in [1.29, 1.82) is 0 Å². The maximum absolute atomic E-state index is 12.6. The number of aryl methyl sites for hydroxylation is 2. The van der Waals surface area contributed by atoms with E-state index in [2.05, 4.69) is 15.5 Å². The lowest BCUT2D eigenvalue weighted by Gasteiger charge is -2.10. The Bertz CT molecular complexity index is 1020. The van der Waals surface area contributed by atoms with Crippen LogP contribution in [0.4, 0.5) is 5.95 Å². The van der Waals surface area contributed by atoms with Crippen LogP contribution in [0.2, 0.25) is 0 Å².